The van der Waals surface area contributed by atoms with Crippen LogP contribution in [0.4, 0.5) is 0 Å². The number of hydrogen-bond donors (Lipinski definition) is 0. The molecule has 0 amide bonds. The third-order valence-electron chi connectivity index (χ3n) is 10.5. The van der Waals surface area contributed by atoms with Crippen molar-refractivity contribution < 1.29 is 28.6 Å². The van der Waals surface area contributed by atoms with Crippen LogP contribution in [0.25, 0.3) is 0 Å². The highest BCUT2D eigenvalue weighted by molar-refractivity contribution is 5.71. The minimum absolute atomic E-state index is 0.154. The summed E-state index contributed by atoms with van der Waals surface area (Å²) in [4.78, 5) is 38.0. The molecule has 6 nitrogen and oxygen atoms in total. The van der Waals surface area contributed by atoms with Crippen LogP contribution in [0.1, 0.15) is 201 Å². The maximum absolute atomic E-state index is 12.8. The predicted octanol–water partition coefficient (Wildman–Crippen LogP) is 18.2. The average Bonchev–Trinajstić information content (AvgIpc) is 3.35. The van der Waals surface area contributed by atoms with Gasteiger partial charge in [-0.25, -0.2) is 0 Å². The number of hydrogen-bond acceptors (Lipinski definition) is 6. The lowest BCUT2D eigenvalue weighted by Crippen LogP contribution is -2.30. The number of unbranched alkanes of at least 4 members (excludes halogenated alkanes) is 9. The van der Waals surface area contributed by atoms with Crippen molar-refractivity contribution in [1.29, 1.82) is 0 Å². The molecule has 69 heavy (non-hydrogen) atoms. The summed E-state index contributed by atoms with van der Waals surface area (Å²) in [5, 5.41) is 0. The van der Waals surface area contributed by atoms with E-state index in [2.05, 4.69) is 167 Å². The second-order valence-electron chi connectivity index (χ2n) is 17.0. The Morgan fingerprint density at radius 3 is 0.957 bits per heavy atom. The maximum atomic E-state index is 12.8. The first kappa shape index (κ1) is 64.0. The summed E-state index contributed by atoms with van der Waals surface area (Å²) in [6.45, 7) is 6.29. The molecule has 0 aliphatic rings. The standard InChI is InChI=1S/C63H96O6/c1-4-7-10-13-16-19-22-25-28-30-31-33-36-38-41-44-47-50-53-56-62(65)68-59-60(69-63(66)57-54-51-48-45-42-39-34-27-24-21-18-15-12-9-6-3)58-67-61(64)55-52-49-46-43-40-37-35-32-29-26-23-20-17-14-11-8-5-2/h9,12,16-21,25-29,31,33-35,37-38,41-43,45-47,50,60H,4-8,10-11,13-15,22-24,30,32,36,39-40,44,48-49,51-59H2,1-3H3/b12-9-,19-16-,20-17-,21-18-,28-25-,29-26-,33-31-,34-27-,37-35-,41-38-,45-42-,46-43-,50-47-/t60-/m0/s1. The van der Waals surface area contributed by atoms with E-state index in [1.807, 2.05) is 12.2 Å². The molecule has 0 aliphatic heterocycles. The molecule has 0 spiro atoms. The molecule has 0 aromatic rings. The van der Waals surface area contributed by atoms with Crippen molar-refractivity contribution in [3.05, 3.63) is 158 Å². The van der Waals surface area contributed by atoms with Crippen LogP contribution >= 0.6 is 0 Å². The van der Waals surface area contributed by atoms with Crippen LogP contribution in [0.2, 0.25) is 0 Å². The number of rotatable bonds is 46. The molecular weight excluding hydrogens is 853 g/mol. The SMILES string of the molecule is CC/C=C\C/C=C\C/C=C\C/C=C\CCCCC(=O)O[C@H](COC(=O)CC/C=C\C/C=C\C/C=C\C/C=C\C/C=C\CCCCC)COC(=O)CCC/C=C\C/C=C\C/C=C\C/C=C\CCCCC. The molecule has 0 fully saturated rings. The molecule has 0 saturated carbocycles. The van der Waals surface area contributed by atoms with Crippen LogP contribution in [0, 0.1) is 0 Å². The fraction of sp³-hybridized carbons (Fsp3) is 0.540. The molecule has 384 valence electrons. The second-order valence-corrected chi connectivity index (χ2v) is 17.0. The second kappa shape index (κ2) is 55.6. The molecule has 0 bridgehead atoms. The van der Waals surface area contributed by atoms with Gasteiger partial charge < -0.3 is 14.2 Å². The van der Waals surface area contributed by atoms with Crippen molar-refractivity contribution in [2.45, 2.75) is 207 Å². The van der Waals surface area contributed by atoms with Gasteiger partial charge in [-0.05, 0) is 135 Å². The number of carbonyl (C=O) groups excluding carboxylic acids is 3. The lowest BCUT2D eigenvalue weighted by atomic mass is 10.2. The topological polar surface area (TPSA) is 78.9 Å². The van der Waals surface area contributed by atoms with E-state index < -0.39 is 12.1 Å². The number of esters is 3. The largest absolute Gasteiger partial charge is 0.462 e. The third kappa shape index (κ3) is 53.8. The van der Waals surface area contributed by atoms with Crippen molar-refractivity contribution >= 4 is 17.9 Å². The molecule has 0 N–H and O–H groups in total. The fourth-order valence-electron chi connectivity index (χ4n) is 6.46. The summed E-state index contributed by atoms with van der Waals surface area (Å²) in [7, 11) is 0. The van der Waals surface area contributed by atoms with Crippen molar-refractivity contribution in [3.63, 3.8) is 0 Å². The van der Waals surface area contributed by atoms with Gasteiger partial charge >= 0.3 is 17.9 Å². The Morgan fingerprint density at radius 2 is 0.594 bits per heavy atom. The van der Waals surface area contributed by atoms with E-state index in [0.29, 0.717) is 19.3 Å². The van der Waals surface area contributed by atoms with E-state index >= 15 is 0 Å². The van der Waals surface area contributed by atoms with Crippen LogP contribution in [0.3, 0.4) is 0 Å². The van der Waals surface area contributed by atoms with Gasteiger partial charge in [0, 0.05) is 19.3 Å². The average molecular weight is 949 g/mol. The fourth-order valence-corrected chi connectivity index (χ4v) is 6.46. The van der Waals surface area contributed by atoms with Crippen molar-refractivity contribution in [1.82, 2.24) is 0 Å². The highest BCUT2D eigenvalue weighted by Crippen LogP contribution is 2.09. The van der Waals surface area contributed by atoms with Gasteiger partial charge in [0.1, 0.15) is 13.2 Å². The van der Waals surface area contributed by atoms with Gasteiger partial charge in [-0.1, -0.05) is 204 Å². The van der Waals surface area contributed by atoms with E-state index in [0.717, 1.165) is 89.9 Å². The highest BCUT2D eigenvalue weighted by atomic mass is 16.6. The molecule has 0 radical (unpaired) electrons. The number of allylic oxidation sites excluding steroid dienone is 26. The third-order valence-corrected chi connectivity index (χ3v) is 10.5. The van der Waals surface area contributed by atoms with Gasteiger partial charge in [-0.2, -0.15) is 0 Å². The van der Waals surface area contributed by atoms with Gasteiger partial charge in [-0.3, -0.25) is 14.4 Å². The first-order chi connectivity index (χ1) is 34.0. The molecule has 1 atom stereocenters. The normalized spacial score (nSPS) is 13.4. The van der Waals surface area contributed by atoms with Crippen LogP contribution in [0.15, 0.2) is 158 Å². The van der Waals surface area contributed by atoms with Crippen LogP contribution < -0.4 is 0 Å². The van der Waals surface area contributed by atoms with Crippen LogP contribution in [0.5, 0.6) is 0 Å². The Labute approximate surface area is 422 Å². The van der Waals surface area contributed by atoms with Gasteiger partial charge in [0.25, 0.3) is 0 Å². The molecule has 6 heteroatoms. The highest BCUT2D eigenvalue weighted by Gasteiger charge is 2.19. The van der Waals surface area contributed by atoms with E-state index in [-0.39, 0.29) is 44.4 Å². The Morgan fingerprint density at radius 1 is 0.304 bits per heavy atom. The summed E-state index contributed by atoms with van der Waals surface area (Å²) in [5.41, 5.74) is 0. The molecule has 0 heterocycles. The Hall–Kier alpha value is -4.97. The smallest absolute Gasteiger partial charge is 0.306 e. The van der Waals surface area contributed by atoms with E-state index in [9.17, 15) is 14.4 Å². The predicted molar refractivity (Wildman–Crippen MR) is 297 cm³/mol. The lowest BCUT2D eigenvalue weighted by Gasteiger charge is -2.18. The zero-order valence-electron chi connectivity index (χ0n) is 43.8. The quantitative estimate of drug-likeness (QED) is 0.0262. The first-order valence-corrected chi connectivity index (χ1v) is 27.0. The summed E-state index contributed by atoms with van der Waals surface area (Å²) in [5.74, 6) is -1.14. The molecule has 0 unspecified atom stereocenters. The minimum atomic E-state index is -0.860. The molecule has 0 rings (SSSR count). The Kier molecular flexibility index (Phi) is 51.6. The van der Waals surface area contributed by atoms with Crippen molar-refractivity contribution in [2.75, 3.05) is 13.2 Å². The van der Waals surface area contributed by atoms with E-state index in [1.54, 1.807) is 0 Å². The Balaban J connectivity index is 4.68. The zero-order valence-corrected chi connectivity index (χ0v) is 43.8. The summed E-state index contributed by atoms with van der Waals surface area (Å²) in [6.07, 6.45) is 81.0. The van der Waals surface area contributed by atoms with Gasteiger partial charge in [0.05, 0.1) is 0 Å². The summed E-state index contributed by atoms with van der Waals surface area (Å²) < 4.78 is 16.7. The minimum Gasteiger partial charge on any atom is -0.462 e. The number of ether oxygens (including phenoxy) is 3. The first-order valence-electron chi connectivity index (χ1n) is 27.0. The molecule has 0 aromatic carbocycles. The van der Waals surface area contributed by atoms with Gasteiger partial charge in [0.2, 0.25) is 0 Å². The summed E-state index contributed by atoms with van der Waals surface area (Å²) in [6, 6.07) is 0. The summed E-state index contributed by atoms with van der Waals surface area (Å²) >= 11 is 0. The molecule has 0 aromatic heterocycles. The van der Waals surface area contributed by atoms with E-state index in [1.165, 1.54) is 51.4 Å². The van der Waals surface area contributed by atoms with Gasteiger partial charge in [0.15, 0.2) is 6.10 Å². The van der Waals surface area contributed by atoms with Crippen molar-refractivity contribution in [3.8, 4) is 0 Å². The molecule has 0 aliphatic carbocycles. The van der Waals surface area contributed by atoms with Crippen LogP contribution in [-0.4, -0.2) is 37.2 Å². The monoisotopic (exact) mass is 949 g/mol. The van der Waals surface area contributed by atoms with Crippen molar-refractivity contribution in [2.24, 2.45) is 0 Å². The maximum Gasteiger partial charge on any atom is 0.306 e. The van der Waals surface area contributed by atoms with Crippen LogP contribution in [-0.2, 0) is 28.6 Å². The zero-order chi connectivity index (χ0) is 50.0. The lowest BCUT2D eigenvalue weighted by molar-refractivity contribution is -0.166. The molecular formula is C63H96O6. The molecule has 0 saturated heterocycles. The van der Waals surface area contributed by atoms with Gasteiger partial charge in [-0.15, -0.1) is 0 Å². The number of carbonyl (C=O) groups is 3. The Bertz CT molecular complexity index is 1610. The van der Waals surface area contributed by atoms with E-state index in [4.69, 9.17) is 14.2 Å².